The number of aromatic nitrogens is 2. The lowest BCUT2D eigenvalue weighted by Gasteiger charge is -2.25. The second-order valence-corrected chi connectivity index (χ2v) is 5.96. The van der Waals surface area contributed by atoms with E-state index in [9.17, 15) is 4.79 Å². The first-order valence-electron chi connectivity index (χ1n) is 7.85. The highest BCUT2D eigenvalue weighted by atomic mass is 16.7. The number of hydrogen-bond donors (Lipinski definition) is 2. The molecule has 0 unspecified atom stereocenters. The number of carbonyl (C=O) groups excluding carboxylic acids is 1. The first kappa shape index (κ1) is 17.7. The van der Waals surface area contributed by atoms with E-state index in [4.69, 9.17) is 14.2 Å². The third kappa shape index (κ3) is 5.81. The van der Waals surface area contributed by atoms with Crippen LogP contribution >= 0.6 is 0 Å². The number of ether oxygens (including phenoxy) is 3. The number of anilines is 1. The molecular weight excluding hydrogens is 300 g/mol. The molecule has 0 aromatic carbocycles. The highest BCUT2D eigenvalue weighted by Crippen LogP contribution is 2.26. The van der Waals surface area contributed by atoms with Crippen molar-refractivity contribution in [1.82, 2.24) is 15.1 Å². The van der Waals surface area contributed by atoms with Crippen LogP contribution in [0.4, 0.5) is 10.5 Å². The molecule has 8 heteroatoms. The summed E-state index contributed by atoms with van der Waals surface area (Å²) in [4.78, 5) is 11.9. The predicted molar refractivity (Wildman–Crippen MR) is 85.2 cm³/mol. The van der Waals surface area contributed by atoms with Crippen LogP contribution in [0.3, 0.4) is 0 Å². The fourth-order valence-electron chi connectivity index (χ4n) is 2.56. The van der Waals surface area contributed by atoms with E-state index < -0.39 is 5.79 Å². The molecule has 1 aliphatic rings. The zero-order valence-electron chi connectivity index (χ0n) is 14.0. The van der Waals surface area contributed by atoms with Gasteiger partial charge < -0.3 is 24.8 Å². The topological polar surface area (TPSA) is 86.6 Å². The van der Waals surface area contributed by atoms with Crippen molar-refractivity contribution < 1.29 is 19.0 Å². The molecule has 0 saturated carbocycles. The van der Waals surface area contributed by atoms with Gasteiger partial charge in [0.05, 0.1) is 38.2 Å². The van der Waals surface area contributed by atoms with Crippen LogP contribution in [-0.4, -0.2) is 55.1 Å². The van der Waals surface area contributed by atoms with Crippen LogP contribution in [0.2, 0.25) is 0 Å². The molecule has 0 aliphatic carbocycles. The maximum absolute atomic E-state index is 11.9. The van der Waals surface area contributed by atoms with Gasteiger partial charge in [0.1, 0.15) is 0 Å². The largest absolute Gasteiger partial charge is 0.383 e. The smallest absolute Gasteiger partial charge is 0.319 e. The van der Waals surface area contributed by atoms with Crippen molar-refractivity contribution >= 4 is 11.7 Å². The third-order valence-corrected chi connectivity index (χ3v) is 3.64. The van der Waals surface area contributed by atoms with Crippen molar-refractivity contribution in [2.45, 2.75) is 32.6 Å². The first-order chi connectivity index (χ1) is 11.0. The first-order valence-corrected chi connectivity index (χ1v) is 7.85. The molecule has 130 valence electrons. The summed E-state index contributed by atoms with van der Waals surface area (Å²) in [5.74, 6) is -0.284. The van der Waals surface area contributed by atoms with Crippen molar-refractivity contribution in [3.05, 3.63) is 12.4 Å². The fraction of sp³-hybridized carbons (Fsp3) is 0.733. The summed E-state index contributed by atoms with van der Waals surface area (Å²) < 4.78 is 17.9. The highest BCUT2D eigenvalue weighted by Gasteiger charge is 2.32. The van der Waals surface area contributed by atoms with Crippen LogP contribution in [0.1, 0.15) is 20.3 Å². The molecule has 1 aromatic rings. The molecule has 1 aliphatic heterocycles. The van der Waals surface area contributed by atoms with E-state index in [0.29, 0.717) is 38.6 Å². The SMILES string of the molecule is COCCn1cc(NC(=O)NC[C@H](C)CC2(C)OCCO2)cn1. The maximum Gasteiger partial charge on any atom is 0.319 e. The molecule has 23 heavy (non-hydrogen) atoms. The van der Waals surface area contributed by atoms with Gasteiger partial charge in [0.2, 0.25) is 0 Å². The Labute approximate surface area is 136 Å². The molecule has 1 fully saturated rings. The standard InChI is InChI=1S/C15H26N4O4/c1-12(8-15(2)22-6-7-23-15)9-16-14(20)18-13-10-17-19(11-13)4-5-21-3/h10-12H,4-9H2,1-3H3,(H2,16,18,20)/t12-/m1/s1. The van der Waals surface area contributed by atoms with Crippen molar-refractivity contribution in [2.75, 3.05) is 38.8 Å². The molecule has 8 nitrogen and oxygen atoms in total. The Hall–Kier alpha value is -1.64. The Balaban J connectivity index is 1.69. The van der Waals surface area contributed by atoms with Crippen LogP contribution < -0.4 is 10.6 Å². The lowest BCUT2D eigenvalue weighted by Crippen LogP contribution is -2.36. The monoisotopic (exact) mass is 326 g/mol. The van der Waals surface area contributed by atoms with E-state index >= 15 is 0 Å². The summed E-state index contributed by atoms with van der Waals surface area (Å²) in [5.41, 5.74) is 0.653. The molecule has 2 amide bonds. The van der Waals surface area contributed by atoms with Crippen LogP contribution in [0.25, 0.3) is 0 Å². The summed E-state index contributed by atoms with van der Waals surface area (Å²) in [6, 6.07) is -0.249. The second kappa shape index (κ2) is 8.28. The van der Waals surface area contributed by atoms with Crippen LogP contribution in [0.5, 0.6) is 0 Å². The number of rotatable bonds is 8. The number of nitrogens with one attached hydrogen (secondary N) is 2. The fourth-order valence-corrected chi connectivity index (χ4v) is 2.56. The van der Waals surface area contributed by atoms with Gasteiger partial charge in [-0.2, -0.15) is 5.10 Å². The van der Waals surface area contributed by atoms with E-state index in [1.54, 1.807) is 24.2 Å². The molecule has 1 saturated heterocycles. The molecule has 1 atom stereocenters. The van der Waals surface area contributed by atoms with E-state index in [-0.39, 0.29) is 11.9 Å². The van der Waals surface area contributed by atoms with Gasteiger partial charge in [-0.15, -0.1) is 0 Å². The Morgan fingerprint density at radius 1 is 1.52 bits per heavy atom. The average Bonchev–Trinajstić information content (AvgIpc) is 3.12. The van der Waals surface area contributed by atoms with Gasteiger partial charge in [0.25, 0.3) is 0 Å². The Bertz CT molecular complexity index is 499. The summed E-state index contributed by atoms with van der Waals surface area (Å²) >= 11 is 0. The zero-order chi connectivity index (χ0) is 16.7. The number of amides is 2. The number of urea groups is 1. The van der Waals surface area contributed by atoms with Crippen LogP contribution in [0, 0.1) is 5.92 Å². The quantitative estimate of drug-likeness (QED) is 0.755. The zero-order valence-corrected chi connectivity index (χ0v) is 14.0. The minimum absolute atomic E-state index is 0.244. The second-order valence-electron chi connectivity index (χ2n) is 5.96. The normalized spacial score (nSPS) is 17.9. The molecule has 2 rings (SSSR count). The highest BCUT2D eigenvalue weighted by molar-refractivity contribution is 5.88. The van der Waals surface area contributed by atoms with Crippen molar-refractivity contribution in [3.8, 4) is 0 Å². The van der Waals surface area contributed by atoms with Gasteiger partial charge in [-0.1, -0.05) is 6.92 Å². The molecule has 1 aromatic heterocycles. The van der Waals surface area contributed by atoms with Gasteiger partial charge in [-0.25, -0.2) is 4.79 Å². The lowest BCUT2D eigenvalue weighted by molar-refractivity contribution is -0.153. The molecule has 0 bridgehead atoms. The Kier molecular flexibility index (Phi) is 6.37. The molecule has 2 heterocycles. The summed E-state index contributed by atoms with van der Waals surface area (Å²) in [5, 5.41) is 9.75. The van der Waals surface area contributed by atoms with Gasteiger partial charge >= 0.3 is 6.03 Å². The van der Waals surface area contributed by atoms with E-state index in [1.165, 1.54) is 0 Å². The molecular formula is C15H26N4O4. The summed E-state index contributed by atoms with van der Waals surface area (Å²) in [6.45, 7) is 7.02. The Morgan fingerprint density at radius 2 is 2.26 bits per heavy atom. The number of methoxy groups -OCH3 is 1. The summed E-state index contributed by atoms with van der Waals surface area (Å²) in [6.07, 6.45) is 4.12. The Morgan fingerprint density at radius 3 is 2.96 bits per heavy atom. The van der Waals surface area contributed by atoms with Gasteiger partial charge in [0, 0.05) is 26.3 Å². The van der Waals surface area contributed by atoms with Crippen LogP contribution in [-0.2, 0) is 20.8 Å². The number of carbonyl (C=O) groups is 1. The van der Waals surface area contributed by atoms with E-state index in [0.717, 1.165) is 6.42 Å². The number of hydrogen-bond acceptors (Lipinski definition) is 5. The van der Waals surface area contributed by atoms with E-state index in [2.05, 4.69) is 22.7 Å². The van der Waals surface area contributed by atoms with Gasteiger partial charge in [0.15, 0.2) is 5.79 Å². The number of nitrogens with zero attached hydrogens (tertiary/aromatic N) is 2. The van der Waals surface area contributed by atoms with Crippen molar-refractivity contribution in [1.29, 1.82) is 0 Å². The molecule has 2 N–H and O–H groups in total. The van der Waals surface area contributed by atoms with E-state index in [1.807, 2.05) is 6.92 Å². The minimum Gasteiger partial charge on any atom is -0.383 e. The van der Waals surface area contributed by atoms with Gasteiger partial charge in [-0.05, 0) is 12.8 Å². The molecule has 0 radical (unpaired) electrons. The average molecular weight is 326 g/mol. The third-order valence-electron chi connectivity index (χ3n) is 3.64. The predicted octanol–water partition coefficient (Wildman–Crippen LogP) is 1.44. The lowest BCUT2D eigenvalue weighted by atomic mass is 10.0. The van der Waals surface area contributed by atoms with Crippen LogP contribution in [0.15, 0.2) is 12.4 Å². The minimum atomic E-state index is -0.528. The maximum atomic E-state index is 11.9. The van der Waals surface area contributed by atoms with Crippen molar-refractivity contribution in [2.24, 2.45) is 5.92 Å². The molecule has 0 spiro atoms. The summed E-state index contributed by atoms with van der Waals surface area (Å²) in [7, 11) is 1.64. The van der Waals surface area contributed by atoms with Gasteiger partial charge in [-0.3, -0.25) is 4.68 Å². The van der Waals surface area contributed by atoms with Crippen molar-refractivity contribution in [3.63, 3.8) is 0 Å².